The van der Waals surface area contributed by atoms with Crippen LogP contribution in [0.1, 0.15) is 22.1 Å². The molecule has 1 nitrogen and oxygen atoms in total. The molecule has 0 saturated heterocycles. The second-order valence-electron chi connectivity index (χ2n) is 3.94. The van der Waals surface area contributed by atoms with E-state index in [1.165, 1.54) is 11.3 Å². The Labute approximate surface area is 115 Å². The zero-order valence-corrected chi connectivity index (χ0v) is 11.6. The van der Waals surface area contributed by atoms with E-state index < -0.39 is 6.10 Å². The fourth-order valence-electron chi connectivity index (χ4n) is 1.61. The van der Waals surface area contributed by atoms with Crippen LogP contribution in [0.15, 0.2) is 29.6 Å². The number of benzene rings is 1. The van der Waals surface area contributed by atoms with Crippen molar-refractivity contribution in [1.29, 1.82) is 0 Å². The van der Waals surface area contributed by atoms with Crippen molar-refractivity contribution < 1.29 is 5.11 Å². The van der Waals surface area contributed by atoms with E-state index in [2.05, 4.69) is 0 Å². The topological polar surface area (TPSA) is 20.2 Å². The standard InChI is InChI=1S/C13H12Cl2OS/c1-8-7-17-13(12(8)15)11(16)6-9-2-4-10(14)5-3-9/h2-5,7,11,16H,6H2,1H3. The molecule has 0 bridgehead atoms. The molecule has 0 spiro atoms. The van der Waals surface area contributed by atoms with E-state index in [-0.39, 0.29) is 0 Å². The smallest absolute Gasteiger partial charge is 0.0937 e. The van der Waals surface area contributed by atoms with Gasteiger partial charge in [-0.3, -0.25) is 0 Å². The molecule has 90 valence electrons. The first-order valence-electron chi connectivity index (χ1n) is 5.24. The third kappa shape index (κ3) is 3.02. The summed E-state index contributed by atoms with van der Waals surface area (Å²) in [5, 5.41) is 13.5. The Morgan fingerprint density at radius 2 is 1.88 bits per heavy atom. The molecule has 0 amide bonds. The van der Waals surface area contributed by atoms with Crippen molar-refractivity contribution in [3.8, 4) is 0 Å². The molecule has 0 fully saturated rings. The second kappa shape index (κ2) is 5.40. The van der Waals surface area contributed by atoms with Crippen LogP contribution in [-0.4, -0.2) is 5.11 Å². The van der Waals surface area contributed by atoms with Crippen LogP contribution in [0.5, 0.6) is 0 Å². The normalized spacial score (nSPS) is 12.7. The zero-order chi connectivity index (χ0) is 12.4. The molecule has 0 saturated carbocycles. The van der Waals surface area contributed by atoms with Crippen molar-refractivity contribution in [2.75, 3.05) is 0 Å². The van der Waals surface area contributed by atoms with Gasteiger partial charge in [-0.05, 0) is 35.6 Å². The van der Waals surface area contributed by atoms with Gasteiger partial charge in [-0.1, -0.05) is 35.3 Å². The average molecular weight is 287 g/mol. The SMILES string of the molecule is Cc1csc(C(O)Cc2ccc(Cl)cc2)c1Cl. The van der Waals surface area contributed by atoms with Crippen molar-refractivity contribution in [2.24, 2.45) is 0 Å². The molecule has 1 heterocycles. The van der Waals surface area contributed by atoms with Crippen molar-refractivity contribution in [3.05, 3.63) is 55.7 Å². The summed E-state index contributed by atoms with van der Waals surface area (Å²) in [6, 6.07) is 7.48. The number of aliphatic hydroxyl groups excluding tert-OH is 1. The van der Waals surface area contributed by atoms with Gasteiger partial charge in [0.2, 0.25) is 0 Å². The molecule has 17 heavy (non-hydrogen) atoms. The Balaban J connectivity index is 2.14. The molecule has 0 aliphatic heterocycles. The molecule has 2 aromatic rings. The van der Waals surface area contributed by atoms with Crippen molar-refractivity contribution in [1.82, 2.24) is 0 Å². The molecule has 1 aromatic carbocycles. The summed E-state index contributed by atoms with van der Waals surface area (Å²) in [7, 11) is 0. The number of hydrogen-bond donors (Lipinski definition) is 1. The highest BCUT2D eigenvalue weighted by molar-refractivity contribution is 7.10. The average Bonchev–Trinajstić information content (AvgIpc) is 2.63. The van der Waals surface area contributed by atoms with Gasteiger partial charge in [-0.25, -0.2) is 0 Å². The van der Waals surface area contributed by atoms with Crippen LogP contribution in [0, 0.1) is 6.92 Å². The third-order valence-corrected chi connectivity index (χ3v) is 4.64. The number of aryl methyl sites for hydroxylation is 1. The van der Waals surface area contributed by atoms with Crippen LogP contribution in [-0.2, 0) is 6.42 Å². The van der Waals surface area contributed by atoms with Crippen LogP contribution >= 0.6 is 34.5 Å². The highest BCUT2D eigenvalue weighted by atomic mass is 35.5. The van der Waals surface area contributed by atoms with Gasteiger partial charge < -0.3 is 5.11 Å². The van der Waals surface area contributed by atoms with Gasteiger partial charge in [0.1, 0.15) is 0 Å². The van der Waals surface area contributed by atoms with Gasteiger partial charge in [-0.2, -0.15) is 0 Å². The second-order valence-corrected chi connectivity index (χ2v) is 5.67. The van der Waals surface area contributed by atoms with E-state index in [0.717, 1.165) is 16.0 Å². The van der Waals surface area contributed by atoms with E-state index in [1.54, 1.807) is 0 Å². The maximum Gasteiger partial charge on any atom is 0.0937 e. The first-order valence-corrected chi connectivity index (χ1v) is 6.87. The highest BCUT2D eigenvalue weighted by Gasteiger charge is 2.15. The number of thiophene rings is 1. The van der Waals surface area contributed by atoms with Gasteiger partial charge in [-0.15, -0.1) is 11.3 Å². The Bertz CT molecular complexity index is 505. The summed E-state index contributed by atoms with van der Waals surface area (Å²) >= 11 is 13.4. The Hall–Kier alpha value is -0.540. The molecular weight excluding hydrogens is 275 g/mol. The van der Waals surface area contributed by atoms with Crippen LogP contribution in [0.3, 0.4) is 0 Å². The molecular formula is C13H12Cl2OS. The highest BCUT2D eigenvalue weighted by Crippen LogP contribution is 2.33. The molecule has 2 rings (SSSR count). The van der Waals surface area contributed by atoms with Gasteiger partial charge in [0, 0.05) is 11.4 Å². The number of hydrogen-bond acceptors (Lipinski definition) is 2. The van der Waals surface area contributed by atoms with Crippen LogP contribution < -0.4 is 0 Å². The fourth-order valence-corrected chi connectivity index (χ4v) is 3.04. The number of aliphatic hydroxyl groups is 1. The quantitative estimate of drug-likeness (QED) is 0.872. The van der Waals surface area contributed by atoms with Crippen LogP contribution in [0.25, 0.3) is 0 Å². The minimum atomic E-state index is -0.553. The maximum atomic E-state index is 10.1. The number of halogens is 2. The third-order valence-electron chi connectivity index (χ3n) is 2.57. The lowest BCUT2D eigenvalue weighted by Crippen LogP contribution is -2.00. The largest absolute Gasteiger partial charge is 0.387 e. The summed E-state index contributed by atoms with van der Waals surface area (Å²) in [6.07, 6.45) is -0.000933. The molecule has 4 heteroatoms. The first kappa shape index (κ1) is 12.9. The Morgan fingerprint density at radius 3 is 2.41 bits per heavy atom. The molecule has 1 N–H and O–H groups in total. The minimum absolute atomic E-state index is 0.552. The first-order chi connectivity index (χ1) is 8.08. The van der Waals surface area contributed by atoms with E-state index in [4.69, 9.17) is 23.2 Å². The number of rotatable bonds is 3. The summed E-state index contributed by atoms with van der Waals surface area (Å²) in [5.41, 5.74) is 2.06. The monoisotopic (exact) mass is 286 g/mol. The predicted molar refractivity (Wildman–Crippen MR) is 74.2 cm³/mol. The summed E-state index contributed by atoms with van der Waals surface area (Å²) in [5.74, 6) is 0. The fraction of sp³-hybridized carbons (Fsp3) is 0.231. The van der Waals surface area contributed by atoms with Crippen molar-refractivity contribution in [3.63, 3.8) is 0 Å². The van der Waals surface area contributed by atoms with Gasteiger partial charge in [0.15, 0.2) is 0 Å². The predicted octanol–water partition coefficient (Wildman–Crippen LogP) is 4.64. The minimum Gasteiger partial charge on any atom is -0.387 e. The zero-order valence-electron chi connectivity index (χ0n) is 9.28. The Morgan fingerprint density at radius 1 is 1.24 bits per heavy atom. The maximum absolute atomic E-state index is 10.1. The molecule has 1 unspecified atom stereocenters. The van der Waals surface area contributed by atoms with E-state index in [9.17, 15) is 5.11 Å². The lowest BCUT2D eigenvalue weighted by molar-refractivity contribution is 0.182. The lowest BCUT2D eigenvalue weighted by Gasteiger charge is -2.09. The summed E-state index contributed by atoms with van der Waals surface area (Å²) in [6.45, 7) is 1.94. The Kier molecular flexibility index (Phi) is 4.10. The molecule has 1 atom stereocenters. The summed E-state index contributed by atoms with van der Waals surface area (Å²) < 4.78 is 0. The van der Waals surface area contributed by atoms with Gasteiger partial charge in [0.05, 0.1) is 16.0 Å². The summed E-state index contributed by atoms with van der Waals surface area (Å²) in [4.78, 5) is 0.833. The van der Waals surface area contributed by atoms with Crippen molar-refractivity contribution in [2.45, 2.75) is 19.4 Å². The molecule has 0 radical (unpaired) electrons. The molecule has 0 aliphatic rings. The van der Waals surface area contributed by atoms with Crippen molar-refractivity contribution >= 4 is 34.5 Å². The van der Waals surface area contributed by atoms with Gasteiger partial charge in [0.25, 0.3) is 0 Å². The van der Waals surface area contributed by atoms with Crippen LogP contribution in [0.2, 0.25) is 10.0 Å². The lowest BCUT2D eigenvalue weighted by atomic mass is 10.1. The molecule has 1 aromatic heterocycles. The van der Waals surface area contributed by atoms with Crippen LogP contribution in [0.4, 0.5) is 0 Å². The van der Waals surface area contributed by atoms with E-state index >= 15 is 0 Å². The van der Waals surface area contributed by atoms with E-state index in [1.807, 2.05) is 36.6 Å². The van der Waals surface area contributed by atoms with E-state index in [0.29, 0.717) is 16.5 Å². The molecule has 0 aliphatic carbocycles. The van der Waals surface area contributed by atoms with Gasteiger partial charge >= 0.3 is 0 Å².